The van der Waals surface area contributed by atoms with Gasteiger partial charge in [-0.05, 0) is 44.9 Å². The third-order valence-corrected chi connectivity index (χ3v) is 3.40. The van der Waals surface area contributed by atoms with Gasteiger partial charge in [0.15, 0.2) is 11.5 Å². The standard InChI is InChI=1S/C13H19NO2/c1-9-7-10(12(15)11(8-9)16-3)13(2)5-4-6-14-13/h7-8,14-15H,4-6H2,1-3H3. The Kier molecular flexibility index (Phi) is 2.80. The molecule has 0 saturated carbocycles. The minimum absolute atomic E-state index is 0.122. The van der Waals surface area contributed by atoms with E-state index in [1.165, 1.54) is 0 Å². The molecule has 3 heteroatoms. The highest BCUT2D eigenvalue weighted by Crippen LogP contribution is 2.41. The van der Waals surface area contributed by atoms with Gasteiger partial charge in [0.05, 0.1) is 7.11 Å². The molecule has 1 saturated heterocycles. The number of hydrogen-bond donors (Lipinski definition) is 2. The van der Waals surface area contributed by atoms with E-state index >= 15 is 0 Å². The van der Waals surface area contributed by atoms with Crippen LogP contribution in [0.1, 0.15) is 30.9 Å². The van der Waals surface area contributed by atoms with E-state index in [0.29, 0.717) is 5.75 Å². The smallest absolute Gasteiger partial charge is 0.162 e. The van der Waals surface area contributed by atoms with Gasteiger partial charge in [-0.1, -0.05) is 6.07 Å². The van der Waals surface area contributed by atoms with Gasteiger partial charge in [-0.25, -0.2) is 0 Å². The Morgan fingerprint density at radius 2 is 2.19 bits per heavy atom. The number of hydrogen-bond acceptors (Lipinski definition) is 3. The maximum absolute atomic E-state index is 10.2. The van der Waals surface area contributed by atoms with Crippen molar-refractivity contribution < 1.29 is 9.84 Å². The van der Waals surface area contributed by atoms with E-state index in [1.54, 1.807) is 7.11 Å². The largest absolute Gasteiger partial charge is 0.504 e. The highest BCUT2D eigenvalue weighted by atomic mass is 16.5. The van der Waals surface area contributed by atoms with E-state index in [9.17, 15) is 5.11 Å². The number of aryl methyl sites for hydroxylation is 1. The van der Waals surface area contributed by atoms with Gasteiger partial charge in [-0.2, -0.15) is 0 Å². The molecule has 0 bridgehead atoms. The minimum atomic E-state index is -0.122. The second-order valence-corrected chi connectivity index (χ2v) is 4.73. The molecule has 16 heavy (non-hydrogen) atoms. The van der Waals surface area contributed by atoms with Crippen LogP contribution in [-0.4, -0.2) is 18.8 Å². The predicted molar refractivity (Wildman–Crippen MR) is 64.0 cm³/mol. The molecule has 0 amide bonds. The van der Waals surface area contributed by atoms with Crippen LogP contribution in [0.3, 0.4) is 0 Å². The molecule has 0 aliphatic carbocycles. The molecule has 1 aromatic rings. The second-order valence-electron chi connectivity index (χ2n) is 4.73. The normalized spacial score (nSPS) is 24.7. The lowest BCUT2D eigenvalue weighted by Gasteiger charge is -2.27. The quantitative estimate of drug-likeness (QED) is 0.805. The molecule has 0 radical (unpaired) electrons. The Balaban J connectivity index is 2.51. The van der Waals surface area contributed by atoms with Crippen molar-refractivity contribution in [1.82, 2.24) is 5.32 Å². The molecular weight excluding hydrogens is 202 g/mol. The van der Waals surface area contributed by atoms with Crippen LogP contribution in [0.15, 0.2) is 12.1 Å². The van der Waals surface area contributed by atoms with Crippen molar-refractivity contribution in [2.75, 3.05) is 13.7 Å². The average Bonchev–Trinajstić information content (AvgIpc) is 2.69. The van der Waals surface area contributed by atoms with Crippen LogP contribution in [0.5, 0.6) is 11.5 Å². The van der Waals surface area contributed by atoms with Crippen LogP contribution in [0, 0.1) is 6.92 Å². The SMILES string of the molecule is COc1cc(C)cc(C2(C)CCCN2)c1O. The summed E-state index contributed by atoms with van der Waals surface area (Å²) in [6.45, 7) is 5.16. The molecule has 1 aliphatic heterocycles. The Bertz CT molecular complexity index is 395. The van der Waals surface area contributed by atoms with Gasteiger partial charge in [-0.3, -0.25) is 0 Å². The molecular formula is C13H19NO2. The van der Waals surface area contributed by atoms with Gasteiger partial charge in [-0.15, -0.1) is 0 Å². The summed E-state index contributed by atoms with van der Waals surface area (Å²) in [6, 6.07) is 3.90. The summed E-state index contributed by atoms with van der Waals surface area (Å²) in [4.78, 5) is 0. The Hall–Kier alpha value is -1.22. The van der Waals surface area contributed by atoms with E-state index in [1.807, 2.05) is 19.1 Å². The molecule has 1 aromatic carbocycles. The summed E-state index contributed by atoms with van der Waals surface area (Å²) in [6.07, 6.45) is 2.19. The summed E-state index contributed by atoms with van der Waals surface area (Å²) in [5.74, 6) is 0.829. The summed E-state index contributed by atoms with van der Waals surface area (Å²) in [7, 11) is 1.59. The molecule has 2 N–H and O–H groups in total. The fourth-order valence-corrected chi connectivity index (χ4v) is 2.45. The third kappa shape index (κ3) is 1.76. The fraction of sp³-hybridized carbons (Fsp3) is 0.538. The lowest BCUT2D eigenvalue weighted by Crippen LogP contribution is -2.33. The highest BCUT2D eigenvalue weighted by molar-refractivity contribution is 5.51. The second kappa shape index (κ2) is 3.98. The summed E-state index contributed by atoms with van der Waals surface area (Å²) >= 11 is 0. The topological polar surface area (TPSA) is 41.5 Å². The van der Waals surface area contributed by atoms with E-state index in [0.717, 1.165) is 30.5 Å². The van der Waals surface area contributed by atoms with Crippen molar-refractivity contribution in [3.05, 3.63) is 23.3 Å². The monoisotopic (exact) mass is 221 g/mol. The van der Waals surface area contributed by atoms with Crippen molar-refractivity contribution in [3.63, 3.8) is 0 Å². The van der Waals surface area contributed by atoms with E-state index in [2.05, 4.69) is 12.2 Å². The van der Waals surface area contributed by atoms with Crippen LogP contribution in [-0.2, 0) is 5.54 Å². The first-order valence-electron chi connectivity index (χ1n) is 5.70. The van der Waals surface area contributed by atoms with Gasteiger partial charge in [0.1, 0.15) is 0 Å². The third-order valence-electron chi connectivity index (χ3n) is 3.40. The van der Waals surface area contributed by atoms with Gasteiger partial charge >= 0.3 is 0 Å². The number of ether oxygens (including phenoxy) is 1. The molecule has 0 aromatic heterocycles. The summed E-state index contributed by atoms with van der Waals surface area (Å²) in [5.41, 5.74) is 1.94. The van der Waals surface area contributed by atoms with Crippen molar-refractivity contribution in [1.29, 1.82) is 0 Å². The number of phenols is 1. The van der Waals surface area contributed by atoms with Crippen LogP contribution >= 0.6 is 0 Å². The van der Waals surface area contributed by atoms with Gasteiger partial charge in [0.25, 0.3) is 0 Å². The predicted octanol–water partition coefficient (Wildman–Crippen LogP) is 2.31. The maximum Gasteiger partial charge on any atom is 0.162 e. The summed E-state index contributed by atoms with van der Waals surface area (Å²) in [5, 5.41) is 13.6. The van der Waals surface area contributed by atoms with Crippen LogP contribution in [0.25, 0.3) is 0 Å². The summed E-state index contributed by atoms with van der Waals surface area (Å²) < 4.78 is 5.19. The van der Waals surface area contributed by atoms with Crippen LogP contribution in [0.2, 0.25) is 0 Å². The molecule has 3 nitrogen and oxygen atoms in total. The highest BCUT2D eigenvalue weighted by Gasteiger charge is 2.33. The Morgan fingerprint density at radius 3 is 2.75 bits per heavy atom. The molecule has 0 spiro atoms. The van der Waals surface area contributed by atoms with Gasteiger partial charge < -0.3 is 15.2 Å². The first-order chi connectivity index (χ1) is 7.57. The number of methoxy groups -OCH3 is 1. The number of aromatic hydroxyl groups is 1. The first kappa shape index (κ1) is 11.3. The van der Waals surface area contributed by atoms with E-state index < -0.39 is 0 Å². The molecule has 1 atom stereocenters. The fourth-order valence-electron chi connectivity index (χ4n) is 2.45. The zero-order valence-corrected chi connectivity index (χ0v) is 10.1. The number of phenolic OH excluding ortho intramolecular Hbond substituents is 1. The molecule has 2 rings (SSSR count). The first-order valence-corrected chi connectivity index (χ1v) is 5.70. The number of benzene rings is 1. The van der Waals surface area contributed by atoms with Gasteiger partial charge in [0.2, 0.25) is 0 Å². The van der Waals surface area contributed by atoms with Crippen molar-refractivity contribution in [2.24, 2.45) is 0 Å². The number of nitrogens with one attached hydrogen (secondary N) is 1. The zero-order chi connectivity index (χ0) is 11.8. The van der Waals surface area contributed by atoms with Crippen molar-refractivity contribution in [2.45, 2.75) is 32.2 Å². The molecule has 1 fully saturated rings. The van der Waals surface area contributed by atoms with Crippen molar-refractivity contribution in [3.8, 4) is 11.5 Å². The average molecular weight is 221 g/mol. The van der Waals surface area contributed by atoms with Crippen LogP contribution < -0.4 is 10.1 Å². The maximum atomic E-state index is 10.2. The van der Waals surface area contributed by atoms with E-state index in [-0.39, 0.29) is 11.3 Å². The molecule has 1 aliphatic rings. The Labute approximate surface area is 96.4 Å². The molecule has 1 unspecified atom stereocenters. The molecule has 88 valence electrons. The van der Waals surface area contributed by atoms with E-state index in [4.69, 9.17) is 4.74 Å². The Morgan fingerprint density at radius 1 is 1.44 bits per heavy atom. The molecule has 1 heterocycles. The van der Waals surface area contributed by atoms with Crippen LogP contribution in [0.4, 0.5) is 0 Å². The number of rotatable bonds is 2. The zero-order valence-electron chi connectivity index (χ0n) is 10.1. The lowest BCUT2D eigenvalue weighted by molar-refractivity contribution is 0.350. The van der Waals surface area contributed by atoms with Crippen molar-refractivity contribution >= 4 is 0 Å². The minimum Gasteiger partial charge on any atom is -0.504 e. The lowest BCUT2D eigenvalue weighted by atomic mass is 9.88. The van der Waals surface area contributed by atoms with Gasteiger partial charge in [0, 0.05) is 11.1 Å².